The first-order valence-electron chi connectivity index (χ1n) is 10.0. The number of methoxy groups -OCH3 is 1. The molecule has 144 valence electrons. The van der Waals surface area contributed by atoms with E-state index in [1.54, 1.807) is 7.11 Å². The van der Waals surface area contributed by atoms with Crippen molar-refractivity contribution in [3.63, 3.8) is 0 Å². The maximum Gasteiger partial charge on any atom is 0.249 e. The van der Waals surface area contributed by atoms with Crippen LogP contribution in [0.5, 0.6) is 5.75 Å². The van der Waals surface area contributed by atoms with Crippen LogP contribution < -0.4 is 4.74 Å². The van der Waals surface area contributed by atoms with Crippen LogP contribution in [-0.4, -0.2) is 34.6 Å². The Kier molecular flexibility index (Phi) is 5.41. The number of likely N-dealkylation sites (tertiary alicyclic amines) is 1. The van der Waals surface area contributed by atoms with Crippen molar-refractivity contribution in [2.75, 3.05) is 13.7 Å². The van der Waals surface area contributed by atoms with Gasteiger partial charge in [-0.2, -0.15) is 4.98 Å². The van der Waals surface area contributed by atoms with E-state index in [-0.39, 0.29) is 11.9 Å². The molecule has 2 aromatic rings. The van der Waals surface area contributed by atoms with Gasteiger partial charge in [-0.05, 0) is 49.4 Å². The van der Waals surface area contributed by atoms with E-state index < -0.39 is 0 Å². The summed E-state index contributed by atoms with van der Waals surface area (Å²) in [5.41, 5.74) is 0.878. The minimum atomic E-state index is -0.0828. The lowest BCUT2D eigenvalue weighted by Crippen LogP contribution is -2.30. The van der Waals surface area contributed by atoms with Gasteiger partial charge in [0.15, 0.2) is 0 Å². The summed E-state index contributed by atoms with van der Waals surface area (Å²) in [5.74, 6) is 2.86. The van der Waals surface area contributed by atoms with Crippen molar-refractivity contribution in [3.05, 3.63) is 30.2 Å². The fourth-order valence-corrected chi connectivity index (χ4v) is 4.32. The summed E-state index contributed by atoms with van der Waals surface area (Å²) in [7, 11) is 1.64. The van der Waals surface area contributed by atoms with Crippen molar-refractivity contribution >= 4 is 5.91 Å². The third kappa shape index (κ3) is 3.99. The Balaban J connectivity index is 1.42. The SMILES string of the molecule is COc1ccc(-c2noc([C@H]3CCCN3C(=O)CCC3CCCC3)n2)cc1. The standard InChI is InChI=1S/C21H27N3O3/c1-26-17-11-9-16(10-12-17)20-22-21(27-23-20)18-7-4-14-24(18)19(25)13-8-15-5-2-3-6-15/h9-12,15,18H,2-8,13-14H2,1H3/t18-/m1/s1. The highest BCUT2D eigenvalue weighted by Gasteiger charge is 2.34. The number of hydrogen-bond donors (Lipinski definition) is 0. The van der Waals surface area contributed by atoms with E-state index in [2.05, 4.69) is 10.1 Å². The smallest absolute Gasteiger partial charge is 0.249 e. The van der Waals surface area contributed by atoms with E-state index >= 15 is 0 Å². The van der Waals surface area contributed by atoms with Gasteiger partial charge in [0.25, 0.3) is 0 Å². The number of ether oxygens (including phenoxy) is 1. The van der Waals surface area contributed by atoms with Gasteiger partial charge in [-0.25, -0.2) is 0 Å². The molecule has 1 aliphatic heterocycles. The highest BCUT2D eigenvalue weighted by atomic mass is 16.5. The lowest BCUT2D eigenvalue weighted by atomic mass is 10.0. The van der Waals surface area contributed by atoms with Crippen LogP contribution in [0.25, 0.3) is 11.4 Å². The Bertz CT molecular complexity index is 765. The lowest BCUT2D eigenvalue weighted by Gasteiger charge is -2.22. The Morgan fingerprint density at radius 3 is 2.70 bits per heavy atom. The van der Waals surface area contributed by atoms with Crippen molar-refractivity contribution in [2.45, 2.75) is 57.4 Å². The zero-order chi connectivity index (χ0) is 18.6. The second-order valence-corrected chi connectivity index (χ2v) is 7.62. The molecule has 0 bridgehead atoms. The molecule has 2 fully saturated rings. The Labute approximate surface area is 159 Å². The Morgan fingerprint density at radius 2 is 1.96 bits per heavy atom. The summed E-state index contributed by atoms with van der Waals surface area (Å²) in [6.07, 6.45) is 8.74. The Morgan fingerprint density at radius 1 is 1.19 bits per heavy atom. The number of carbonyl (C=O) groups is 1. The van der Waals surface area contributed by atoms with E-state index in [4.69, 9.17) is 9.26 Å². The van der Waals surface area contributed by atoms with Crippen molar-refractivity contribution in [2.24, 2.45) is 5.92 Å². The number of carbonyl (C=O) groups excluding carboxylic acids is 1. The number of nitrogens with zero attached hydrogens (tertiary/aromatic N) is 3. The van der Waals surface area contributed by atoms with Crippen molar-refractivity contribution in [1.82, 2.24) is 15.0 Å². The molecule has 1 saturated carbocycles. The van der Waals surface area contributed by atoms with Gasteiger partial charge in [0.2, 0.25) is 17.6 Å². The monoisotopic (exact) mass is 369 g/mol. The predicted molar refractivity (Wildman–Crippen MR) is 101 cm³/mol. The molecule has 0 radical (unpaired) electrons. The van der Waals surface area contributed by atoms with Gasteiger partial charge in [-0.3, -0.25) is 4.79 Å². The summed E-state index contributed by atoms with van der Waals surface area (Å²) in [4.78, 5) is 19.3. The molecule has 0 N–H and O–H groups in total. The van der Waals surface area contributed by atoms with Crippen LogP contribution in [-0.2, 0) is 4.79 Å². The number of amides is 1. The molecule has 6 heteroatoms. The molecule has 1 amide bonds. The van der Waals surface area contributed by atoms with Crippen LogP contribution in [0.3, 0.4) is 0 Å². The van der Waals surface area contributed by atoms with Gasteiger partial charge in [0, 0.05) is 18.5 Å². The first-order valence-corrected chi connectivity index (χ1v) is 10.0. The van der Waals surface area contributed by atoms with E-state index in [1.165, 1.54) is 25.7 Å². The average molecular weight is 369 g/mol. The van der Waals surface area contributed by atoms with Crippen molar-refractivity contribution < 1.29 is 14.1 Å². The molecular formula is C21H27N3O3. The zero-order valence-electron chi connectivity index (χ0n) is 15.9. The van der Waals surface area contributed by atoms with Crippen LogP contribution in [0.4, 0.5) is 0 Å². The second kappa shape index (κ2) is 8.11. The van der Waals surface area contributed by atoms with E-state index in [9.17, 15) is 4.79 Å². The molecule has 4 rings (SSSR count). The number of aromatic nitrogens is 2. The molecule has 27 heavy (non-hydrogen) atoms. The molecule has 1 aromatic carbocycles. The summed E-state index contributed by atoms with van der Waals surface area (Å²) in [6.45, 7) is 0.786. The number of benzene rings is 1. The molecule has 1 atom stereocenters. The molecule has 0 spiro atoms. The largest absolute Gasteiger partial charge is 0.497 e. The number of rotatable bonds is 6. The number of hydrogen-bond acceptors (Lipinski definition) is 5. The quantitative estimate of drug-likeness (QED) is 0.756. The molecule has 1 saturated heterocycles. The van der Waals surface area contributed by atoms with Crippen LogP contribution in [0.2, 0.25) is 0 Å². The second-order valence-electron chi connectivity index (χ2n) is 7.62. The van der Waals surface area contributed by atoms with Gasteiger partial charge in [-0.15, -0.1) is 0 Å². The van der Waals surface area contributed by atoms with E-state index in [0.717, 1.165) is 43.0 Å². The van der Waals surface area contributed by atoms with Crippen molar-refractivity contribution in [1.29, 1.82) is 0 Å². The van der Waals surface area contributed by atoms with Crippen LogP contribution >= 0.6 is 0 Å². The lowest BCUT2D eigenvalue weighted by molar-refractivity contribution is -0.132. The average Bonchev–Trinajstić information content (AvgIpc) is 3.47. The van der Waals surface area contributed by atoms with Gasteiger partial charge >= 0.3 is 0 Å². The van der Waals surface area contributed by atoms with Gasteiger partial charge in [-0.1, -0.05) is 30.8 Å². The highest BCUT2D eigenvalue weighted by molar-refractivity contribution is 5.77. The summed E-state index contributed by atoms with van der Waals surface area (Å²) < 4.78 is 10.7. The van der Waals surface area contributed by atoms with Crippen LogP contribution in [0.1, 0.15) is 63.3 Å². The minimum absolute atomic E-state index is 0.0828. The maximum absolute atomic E-state index is 12.8. The van der Waals surface area contributed by atoms with Crippen molar-refractivity contribution in [3.8, 4) is 17.1 Å². The third-order valence-corrected chi connectivity index (χ3v) is 5.89. The fourth-order valence-electron chi connectivity index (χ4n) is 4.32. The topological polar surface area (TPSA) is 68.5 Å². The first-order chi connectivity index (χ1) is 13.2. The molecule has 2 aliphatic rings. The minimum Gasteiger partial charge on any atom is -0.497 e. The Hall–Kier alpha value is -2.37. The molecule has 6 nitrogen and oxygen atoms in total. The van der Waals surface area contributed by atoms with Gasteiger partial charge in [0.1, 0.15) is 11.8 Å². The third-order valence-electron chi connectivity index (χ3n) is 5.89. The van der Waals surface area contributed by atoms with Gasteiger partial charge < -0.3 is 14.2 Å². The summed E-state index contributed by atoms with van der Waals surface area (Å²) in [5, 5.41) is 4.12. The predicted octanol–water partition coefficient (Wildman–Crippen LogP) is 4.38. The molecule has 1 aromatic heterocycles. The summed E-state index contributed by atoms with van der Waals surface area (Å²) >= 11 is 0. The van der Waals surface area contributed by atoms with E-state index in [0.29, 0.717) is 18.1 Å². The fraction of sp³-hybridized carbons (Fsp3) is 0.571. The first kappa shape index (κ1) is 18.0. The summed E-state index contributed by atoms with van der Waals surface area (Å²) in [6, 6.07) is 7.49. The van der Waals surface area contributed by atoms with E-state index in [1.807, 2.05) is 29.2 Å². The van der Waals surface area contributed by atoms with Gasteiger partial charge in [0.05, 0.1) is 7.11 Å². The highest BCUT2D eigenvalue weighted by Crippen LogP contribution is 2.34. The molecule has 0 unspecified atom stereocenters. The molecular weight excluding hydrogens is 342 g/mol. The maximum atomic E-state index is 12.8. The molecule has 2 heterocycles. The van der Waals surface area contributed by atoms with Crippen LogP contribution in [0, 0.1) is 5.92 Å². The zero-order valence-corrected chi connectivity index (χ0v) is 15.9. The normalized spacial score (nSPS) is 20.3. The molecule has 1 aliphatic carbocycles. The van der Waals surface area contributed by atoms with Crippen LogP contribution in [0.15, 0.2) is 28.8 Å².